The molecule has 0 fully saturated rings. The van der Waals surface area contributed by atoms with E-state index in [9.17, 15) is 14.0 Å². The van der Waals surface area contributed by atoms with E-state index < -0.39 is 24.3 Å². The molecule has 0 unspecified atom stereocenters. The molecule has 1 aromatic heterocycles. The maximum absolute atomic E-state index is 13.8. The SMILES string of the molecule is CN(Cc1c(F)cccc1Cl)C(=O)COC(=O)/C=C/c1ccc2ccccc2n1. The lowest BCUT2D eigenvalue weighted by Crippen LogP contribution is -2.31. The number of esters is 1. The quantitative estimate of drug-likeness (QED) is 0.449. The highest BCUT2D eigenvalue weighted by molar-refractivity contribution is 6.31. The van der Waals surface area contributed by atoms with Crippen molar-refractivity contribution in [3.8, 4) is 0 Å². The predicted octanol–water partition coefficient (Wildman–Crippen LogP) is 4.24. The van der Waals surface area contributed by atoms with Gasteiger partial charge in [0.05, 0.1) is 11.2 Å². The Balaban J connectivity index is 1.53. The molecule has 29 heavy (non-hydrogen) atoms. The minimum absolute atomic E-state index is 0.0290. The Morgan fingerprint density at radius 1 is 1.14 bits per heavy atom. The molecular formula is C22H18ClFN2O3. The summed E-state index contributed by atoms with van der Waals surface area (Å²) in [5, 5.41) is 1.23. The van der Waals surface area contributed by atoms with E-state index in [1.807, 2.05) is 30.3 Å². The molecule has 5 nitrogen and oxygen atoms in total. The van der Waals surface area contributed by atoms with Crippen molar-refractivity contribution in [2.45, 2.75) is 6.54 Å². The standard InChI is InChI=1S/C22H18ClFN2O3/c1-26(13-17-18(23)6-4-7-19(17)24)21(27)14-29-22(28)12-11-16-10-9-15-5-2-3-8-20(15)25-16/h2-12H,13-14H2,1H3/b12-11+. The van der Waals surface area contributed by atoms with Crippen LogP contribution in [0.4, 0.5) is 4.39 Å². The topological polar surface area (TPSA) is 59.5 Å². The lowest BCUT2D eigenvalue weighted by atomic mass is 10.2. The summed E-state index contributed by atoms with van der Waals surface area (Å²) in [7, 11) is 1.48. The minimum Gasteiger partial charge on any atom is -0.452 e. The van der Waals surface area contributed by atoms with Gasteiger partial charge in [-0.3, -0.25) is 4.79 Å². The maximum Gasteiger partial charge on any atom is 0.331 e. The Hall–Kier alpha value is -3.25. The van der Waals surface area contributed by atoms with Crippen molar-refractivity contribution in [1.29, 1.82) is 0 Å². The summed E-state index contributed by atoms with van der Waals surface area (Å²) in [6.07, 6.45) is 2.72. The van der Waals surface area contributed by atoms with Crippen LogP contribution in [0.25, 0.3) is 17.0 Å². The molecule has 0 aliphatic rings. The average molecular weight is 413 g/mol. The molecule has 0 atom stereocenters. The normalized spacial score (nSPS) is 11.0. The van der Waals surface area contributed by atoms with Crippen molar-refractivity contribution in [2.75, 3.05) is 13.7 Å². The first kappa shape index (κ1) is 20.5. The van der Waals surface area contributed by atoms with Crippen LogP contribution in [0, 0.1) is 5.82 Å². The van der Waals surface area contributed by atoms with Crippen LogP contribution in [-0.4, -0.2) is 35.4 Å². The predicted molar refractivity (Wildman–Crippen MR) is 110 cm³/mol. The minimum atomic E-state index is -0.675. The number of carbonyl (C=O) groups is 2. The second kappa shape index (κ2) is 9.30. The van der Waals surface area contributed by atoms with Crippen LogP contribution < -0.4 is 0 Å². The summed E-state index contributed by atoms with van der Waals surface area (Å²) in [5.41, 5.74) is 1.61. The molecule has 0 spiro atoms. The first-order valence-electron chi connectivity index (χ1n) is 8.81. The summed E-state index contributed by atoms with van der Waals surface area (Å²) < 4.78 is 18.8. The van der Waals surface area contributed by atoms with Crippen molar-refractivity contribution < 1.29 is 18.7 Å². The van der Waals surface area contributed by atoms with Gasteiger partial charge in [0.1, 0.15) is 5.82 Å². The van der Waals surface area contributed by atoms with E-state index in [1.165, 1.54) is 36.2 Å². The number of aromatic nitrogens is 1. The molecule has 0 radical (unpaired) electrons. The van der Waals surface area contributed by atoms with Crippen LogP contribution in [0.15, 0.2) is 60.7 Å². The number of likely N-dealkylation sites (N-methyl/N-ethyl adjacent to an activating group) is 1. The summed E-state index contributed by atoms with van der Waals surface area (Å²) in [5.74, 6) is -1.65. The van der Waals surface area contributed by atoms with Gasteiger partial charge in [0.2, 0.25) is 0 Å². The second-order valence-electron chi connectivity index (χ2n) is 6.32. The Kier molecular flexibility index (Phi) is 6.57. The van der Waals surface area contributed by atoms with Gasteiger partial charge in [-0.2, -0.15) is 0 Å². The van der Waals surface area contributed by atoms with E-state index in [0.717, 1.165) is 10.9 Å². The van der Waals surface area contributed by atoms with Crippen LogP contribution in [-0.2, 0) is 20.9 Å². The van der Waals surface area contributed by atoms with Gasteiger partial charge in [-0.1, -0.05) is 41.9 Å². The van der Waals surface area contributed by atoms with Crippen molar-refractivity contribution in [2.24, 2.45) is 0 Å². The van der Waals surface area contributed by atoms with E-state index in [1.54, 1.807) is 12.1 Å². The molecule has 1 amide bonds. The maximum atomic E-state index is 13.8. The molecule has 0 bridgehead atoms. The number of halogens is 2. The number of fused-ring (bicyclic) bond motifs is 1. The van der Waals surface area contributed by atoms with E-state index in [-0.39, 0.29) is 17.1 Å². The highest BCUT2D eigenvalue weighted by Gasteiger charge is 2.15. The molecule has 0 N–H and O–H groups in total. The number of benzene rings is 2. The first-order valence-corrected chi connectivity index (χ1v) is 9.19. The number of ether oxygens (including phenoxy) is 1. The number of carbonyl (C=O) groups excluding carboxylic acids is 2. The molecule has 1 heterocycles. The zero-order chi connectivity index (χ0) is 20.8. The monoisotopic (exact) mass is 412 g/mol. The van der Waals surface area contributed by atoms with Crippen LogP contribution in [0.5, 0.6) is 0 Å². The summed E-state index contributed by atoms with van der Waals surface area (Å²) >= 11 is 5.96. The third kappa shape index (κ3) is 5.39. The fraction of sp³-hybridized carbons (Fsp3) is 0.136. The number of hydrogen-bond acceptors (Lipinski definition) is 4. The summed E-state index contributed by atoms with van der Waals surface area (Å²) in [6, 6.07) is 15.6. The zero-order valence-corrected chi connectivity index (χ0v) is 16.4. The van der Waals surface area contributed by atoms with Crippen molar-refractivity contribution >= 4 is 40.5 Å². The average Bonchev–Trinajstić information content (AvgIpc) is 2.72. The van der Waals surface area contributed by atoms with Gasteiger partial charge in [0.15, 0.2) is 6.61 Å². The van der Waals surface area contributed by atoms with E-state index in [0.29, 0.717) is 5.69 Å². The highest BCUT2D eigenvalue weighted by Crippen LogP contribution is 2.20. The molecule has 0 saturated carbocycles. The van der Waals surface area contributed by atoms with Crippen molar-refractivity contribution in [1.82, 2.24) is 9.88 Å². The number of nitrogens with zero attached hydrogens (tertiary/aromatic N) is 2. The third-order valence-electron chi connectivity index (χ3n) is 4.23. The fourth-order valence-electron chi connectivity index (χ4n) is 2.63. The number of amides is 1. The van der Waals surface area contributed by atoms with Crippen LogP contribution in [0.1, 0.15) is 11.3 Å². The number of hydrogen-bond donors (Lipinski definition) is 0. The molecular weight excluding hydrogens is 395 g/mol. The van der Waals surface area contributed by atoms with Crippen LogP contribution in [0.3, 0.4) is 0 Å². The van der Waals surface area contributed by atoms with Crippen molar-refractivity contribution in [3.05, 3.63) is 82.8 Å². The number of rotatable bonds is 6. The molecule has 2 aromatic carbocycles. The Bertz CT molecular complexity index is 1060. The van der Waals surface area contributed by atoms with Gasteiger partial charge in [0.25, 0.3) is 5.91 Å². The second-order valence-corrected chi connectivity index (χ2v) is 6.73. The van der Waals surface area contributed by atoms with E-state index >= 15 is 0 Å². The lowest BCUT2D eigenvalue weighted by molar-refractivity contribution is -0.147. The van der Waals surface area contributed by atoms with Gasteiger partial charge in [-0.25, -0.2) is 14.2 Å². The molecule has 3 rings (SSSR count). The molecule has 3 aromatic rings. The first-order chi connectivity index (χ1) is 13.9. The molecule has 0 aliphatic carbocycles. The highest BCUT2D eigenvalue weighted by atomic mass is 35.5. The molecule has 0 saturated heterocycles. The molecule has 148 valence electrons. The van der Waals surface area contributed by atoms with Gasteiger partial charge < -0.3 is 9.64 Å². The summed E-state index contributed by atoms with van der Waals surface area (Å²) in [4.78, 5) is 29.7. The number of para-hydroxylation sites is 1. The smallest absolute Gasteiger partial charge is 0.331 e. The van der Waals surface area contributed by atoms with Gasteiger partial charge in [0, 0.05) is 35.6 Å². The summed E-state index contributed by atoms with van der Waals surface area (Å²) in [6.45, 7) is -0.490. The van der Waals surface area contributed by atoms with Gasteiger partial charge in [-0.05, 0) is 30.3 Å². The van der Waals surface area contributed by atoms with Crippen LogP contribution in [0.2, 0.25) is 5.02 Å². The third-order valence-corrected chi connectivity index (χ3v) is 4.58. The number of pyridine rings is 1. The van der Waals surface area contributed by atoms with Gasteiger partial charge >= 0.3 is 5.97 Å². The Morgan fingerprint density at radius 2 is 1.93 bits per heavy atom. The Morgan fingerprint density at radius 3 is 2.72 bits per heavy atom. The van der Waals surface area contributed by atoms with Gasteiger partial charge in [-0.15, -0.1) is 0 Å². The lowest BCUT2D eigenvalue weighted by Gasteiger charge is -2.18. The Labute approximate surface area is 172 Å². The molecule has 7 heteroatoms. The zero-order valence-electron chi connectivity index (χ0n) is 15.6. The van der Waals surface area contributed by atoms with Crippen LogP contribution >= 0.6 is 11.6 Å². The molecule has 0 aliphatic heterocycles. The van der Waals surface area contributed by atoms with E-state index in [2.05, 4.69) is 4.98 Å². The van der Waals surface area contributed by atoms with Crippen molar-refractivity contribution in [3.63, 3.8) is 0 Å². The fourth-order valence-corrected chi connectivity index (χ4v) is 2.85. The largest absolute Gasteiger partial charge is 0.452 e. The van der Waals surface area contributed by atoms with E-state index in [4.69, 9.17) is 16.3 Å².